The highest BCUT2D eigenvalue weighted by atomic mass is 16.5. The molecule has 3 atom stereocenters. The molecular weight excluding hydrogens is 282 g/mol. The van der Waals surface area contributed by atoms with Gasteiger partial charge in [-0.05, 0) is 37.5 Å². The van der Waals surface area contributed by atoms with Crippen molar-refractivity contribution >= 4 is 5.91 Å². The minimum atomic E-state index is -0.0392. The molecule has 2 aliphatic rings. The molecule has 22 heavy (non-hydrogen) atoms. The Morgan fingerprint density at radius 3 is 3.09 bits per heavy atom. The molecule has 1 saturated carbocycles. The molecule has 0 bridgehead atoms. The van der Waals surface area contributed by atoms with Crippen LogP contribution in [0.2, 0.25) is 0 Å². The molecule has 3 rings (SSSR count). The van der Waals surface area contributed by atoms with Gasteiger partial charge >= 0.3 is 0 Å². The van der Waals surface area contributed by atoms with Crippen molar-refractivity contribution in [2.75, 3.05) is 26.9 Å². The average molecular weight is 305 g/mol. The zero-order valence-electron chi connectivity index (χ0n) is 12.9. The molecule has 1 unspecified atom stereocenters. The van der Waals surface area contributed by atoms with Crippen molar-refractivity contribution < 1.29 is 19.0 Å². The summed E-state index contributed by atoms with van der Waals surface area (Å²) in [7, 11) is 1.63. The van der Waals surface area contributed by atoms with Crippen LogP contribution in [0.15, 0.2) is 24.3 Å². The predicted molar refractivity (Wildman–Crippen MR) is 82.1 cm³/mol. The van der Waals surface area contributed by atoms with E-state index in [1.807, 2.05) is 18.2 Å². The van der Waals surface area contributed by atoms with Crippen LogP contribution in [0.3, 0.4) is 0 Å². The lowest BCUT2D eigenvalue weighted by atomic mass is 10.1. The van der Waals surface area contributed by atoms with Gasteiger partial charge in [-0.2, -0.15) is 0 Å². The summed E-state index contributed by atoms with van der Waals surface area (Å²) < 4.78 is 16.2. The maximum Gasteiger partial charge on any atom is 0.251 e. The molecule has 1 aliphatic heterocycles. The number of nitrogens with one attached hydrogen (secondary N) is 1. The highest BCUT2D eigenvalue weighted by Crippen LogP contribution is 2.39. The molecule has 120 valence electrons. The topological polar surface area (TPSA) is 56.8 Å². The van der Waals surface area contributed by atoms with Crippen LogP contribution in [0.1, 0.15) is 29.6 Å². The molecule has 5 heteroatoms. The Balaban J connectivity index is 1.51. The summed E-state index contributed by atoms with van der Waals surface area (Å²) in [5.74, 6) is 1.14. The Bertz CT molecular complexity index is 513. The summed E-state index contributed by atoms with van der Waals surface area (Å²) in [6, 6.07) is 7.52. The Kier molecular flexibility index (Phi) is 4.95. The van der Waals surface area contributed by atoms with E-state index in [0.29, 0.717) is 36.5 Å². The standard InChI is InChI=1S/C17H23NO4/c1-20-8-9-21-13-5-2-4-12(10-13)17(19)18-15-11-14(15)16-6-3-7-22-16/h2,4-5,10,14-16H,3,6-9,11H2,1H3,(H,18,19)/t14-,15-,16?/m1/s1. The Morgan fingerprint density at radius 1 is 1.41 bits per heavy atom. The predicted octanol–water partition coefficient (Wildman–Crippen LogP) is 2.01. The second-order valence-corrected chi connectivity index (χ2v) is 5.90. The highest BCUT2D eigenvalue weighted by molar-refractivity contribution is 5.95. The van der Waals surface area contributed by atoms with Crippen molar-refractivity contribution in [1.82, 2.24) is 5.32 Å². The molecule has 1 aliphatic carbocycles. The van der Waals surface area contributed by atoms with Gasteiger partial charge in [0.15, 0.2) is 0 Å². The smallest absolute Gasteiger partial charge is 0.251 e. The van der Waals surface area contributed by atoms with E-state index in [1.54, 1.807) is 13.2 Å². The van der Waals surface area contributed by atoms with E-state index >= 15 is 0 Å². The lowest BCUT2D eigenvalue weighted by molar-refractivity contribution is 0.0865. The fourth-order valence-corrected chi connectivity index (χ4v) is 2.95. The summed E-state index contributed by atoms with van der Waals surface area (Å²) in [5, 5.41) is 3.09. The molecule has 5 nitrogen and oxygen atoms in total. The van der Waals surface area contributed by atoms with E-state index in [-0.39, 0.29) is 11.9 Å². The van der Waals surface area contributed by atoms with Gasteiger partial charge in [0.1, 0.15) is 12.4 Å². The zero-order valence-corrected chi connectivity index (χ0v) is 12.9. The molecule has 0 radical (unpaired) electrons. The number of amides is 1. The third-order valence-corrected chi connectivity index (χ3v) is 4.25. The number of carbonyl (C=O) groups excluding carboxylic acids is 1. The molecule has 1 aromatic rings. The normalized spacial score (nSPS) is 26.7. The quantitative estimate of drug-likeness (QED) is 0.783. The van der Waals surface area contributed by atoms with Crippen LogP contribution < -0.4 is 10.1 Å². The lowest BCUT2D eigenvalue weighted by Gasteiger charge is -2.10. The van der Waals surface area contributed by atoms with Gasteiger partial charge in [0.05, 0.1) is 12.7 Å². The van der Waals surface area contributed by atoms with Gasteiger partial charge in [0.25, 0.3) is 5.91 Å². The van der Waals surface area contributed by atoms with Gasteiger partial charge in [-0.3, -0.25) is 4.79 Å². The number of carbonyl (C=O) groups is 1. The maximum atomic E-state index is 12.3. The SMILES string of the molecule is COCCOc1cccc(C(=O)N[C@@H]2C[C@H]2C2CCCO2)c1. The van der Waals surface area contributed by atoms with Crippen molar-refractivity contribution in [2.24, 2.45) is 5.92 Å². The summed E-state index contributed by atoms with van der Waals surface area (Å²) in [4.78, 5) is 12.3. The monoisotopic (exact) mass is 305 g/mol. The van der Waals surface area contributed by atoms with Crippen LogP contribution in [-0.4, -0.2) is 45.0 Å². The van der Waals surface area contributed by atoms with E-state index in [1.165, 1.54) is 0 Å². The number of hydrogen-bond acceptors (Lipinski definition) is 4. The largest absolute Gasteiger partial charge is 0.491 e. The first kappa shape index (κ1) is 15.3. The molecular formula is C17H23NO4. The molecule has 1 amide bonds. The highest BCUT2D eigenvalue weighted by Gasteiger charge is 2.45. The van der Waals surface area contributed by atoms with Crippen molar-refractivity contribution in [3.8, 4) is 5.75 Å². The van der Waals surface area contributed by atoms with Gasteiger partial charge in [-0.1, -0.05) is 6.07 Å². The maximum absolute atomic E-state index is 12.3. The van der Waals surface area contributed by atoms with E-state index in [9.17, 15) is 4.79 Å². The zero-order chi connectivity index (χ0) is 15.4. The van der Waals surface area contributed by atoms with Crippen LogP contribution >= 0.6 is 0 Å². The fraction of sp³-hybridized carbons (Fsp3) is 0.588. The molecule has 1 heterocycles. The molecule has 0 spiro atoms. The van der Waals surface area contributed by atoms with Crippen LogP contribution in [0.5, 0.6) is 5.75 Å². The summed E-state index contributed by atoms with van der Waals surface area (Å²) >= 11 is 0. The van der Waals surface area contributed by atoms with Crippen molar-refractivity contribution in [3.63, 3.8) is 0 Å². The fourth-order valence-electron chi connectivity index (χ4n) is 2.95. The van der Waals surface area contributed by atoms with Crippen LogP contribution in [0, 0.1) is 5.92 Å². The second kappa shape index (κ2) is 7.11. The van der Waals surface area contributed by atoms with Gasteiger partial charge in [-0.15, -0.1) is 0 Å². The number of benzene rings is 1. The van der Waals surface area contributed by atoms with Crippen LogP contribution in [0.25, 0.3) is 0 Å². The van der Waals surface area contributed by atoms with Crippen molar-refractivity contribution in [2.45, 2.75) is 31.4 Å². The van der Waals surface area contributed by atoms with Crippen molar-refractivity contribution in [3.05, 3.63) is 29.8 Å². The van der Waals surface area contributed by atoms with Crippen molar-refractivity contribution in [1.29, 1.82) is 0 Å². The van der Waals surface area contributed by atoms with Crippen LogP contribution in [0.4, 0.5) is 0 Å². The molecule has 1 aromatic carbocycles. The van der Waals surface area contributed by atoms with Gasteiger partial charge < -0.3 is 19.5 Å². The third-order valence-electron chi connectivity index (χ3n) is 4.25. The van der Waals surface area contributed by atoms with Gasteiger partial charge in [0.2, 0.25) is 0 Å². The summed E-state index contributed by atoms with van der Waals surface area (Å²) in [6.07, 6.45) is 3.64. The summed E-state index contributed by atoms with van der Waals surface area (Å²) in [6.45, 7) is 1.87. The first-order chi connectivity index (χ1) is 10.8. The number of ether oxygens (including phenoxy) is 3. The van der Waals surface area contributed by atoms with E-state index in [0.717, 1.165) is 25.9 Å². The number of methoxy groups -OCH3 is 1. The summed E-state index contributed by atoms with van der Waals surface area (Å²) in [5.41, 5.74) is 0.632. The average Bonchev–Trinajstić information content (AvgIpc) is 3.08. The molecule has 2 fully saturated rings. The second-order valence-electron chi connectivity index (χ2n) is 5.90. The van der Waals surface area contributed by atoms with Gasteiger partial charge in [-0.25, -0.2) is 0 Å². The Labute approximate surface area is 130 Å². The first-order valence-corrected chi connectivity index (χ1v) is 7.92. The Morgan fingerprint density at radius 2 is 2.32 bits per heavy atom. The van der Waals surface area contributed by atoms with E-state index in [2.05, 4.69) is 5.32 Å². The lowest BCUT2D eigenvalue weighted by Crippen LogP contribution is -2.29. The number of hydrogen-bond donors (Lipinski definition) is 1. The first-order valence-electron chi connectivity index (χ1n) is 7.92. The van der Waals surface area contributed by atoms with Gasteiger partial charge in [0, 0.05) is 31.2 Å². The van der Waals surface area contributed by atoms with E-state index in [4.69, 9.17) is 14.2 Å². The third kappa shape index (κ3) is 3.78. The minimum absolute atomic E-state index is 0.0392. The van der Waals surface area contributed by atoms with Crippen LogP contribution in [-0.2, 0) is 9.47 Å². The van der Waals surface area contributed by atoms with E-state index < -0.39 is 0 Å². The molecule has 1 saturated heterocycles. The minimum Gasteiger partial charge on any atom is -0.491 e. The number of rotatable bonds is 7. The molecule has 0 aromatic heterocycles. The Hall–Kier alpha value is -1.59. The molecule has 1 N–H and O–H groups in total.